The van der Waals surface area contributed by atoms with Gasteiger partial charge in [0, 0.05) is 19.2 Å². The predicted octanol–water partition coefficient (Wildman–Crippen LogP) is 2.87. The van der Waals surface area contributed by atoms with Crippen molar-refractivity contribution in [2.75, 3.05) is 26.4 Å². The van der Waals surface area contributed by atoms with Crippen LogP contribution in [0, 0.1) is 17.6 Å². The van der Waals surface area contributed by atoms with E-state index in [-0.39, 0.29) is 37.6 Å². The molecule has 2 heterocycles. The van der Waals surface area contributed by atoms with E-state index in [2.05, 4.69) is 10.6 Å². The van der Waals surface area contributed by atoms with Crippen LogP contribution in [0.4, 0.5) is 8.78 Å². The van der Waals surface area contributed by atoms with Gasteiger partial charge in [0.25, 0.3) is 0 Å². The van der Waals surface area contributed by atoms with Gasteiger partial charge in [-0.1, -0.05) is 19.3 Å². The summed E-state index contributed by atoms with van der Waals surface area (Å²) in [5.74, 6) is -1.16. The van der Waals surface area contributed by atoms with E-state index in [1.165, 1.54) is 44.2 Å². The number of benzene rings is 1. The van der Waals surface area contributed by atoms with Gasteiger partial charge in [-0.2, -0.15) is 0 Å². The summed E-state index contributed by atoms with van der Waals surface area (Å²) in [6, 6.07) is 1.97. The lowest BCUT2D eigenvalue weighted by Crippen LogP contribution is -2.60. The molecule has 0 radical (unpaired) electrons. The normalized spacial score (nSPS) is 27.1. The highest BCUT2D eigenvalue weighted by atomic mass is 35.5. The van der Waals surface area contributed by atoms with Crippen LogP contribution in [0.25, 0.3) is 0 Å². The van der Waals surface area contributed by atoms with E-state index >= 15 is 0 Å². The molecule has 1 saturated carbocycles. The molecule has 3 fully saturated rings. The number of carbonyl (C=O) groups is 1. The van der Waals surface area contributed by atoms with Crippen molar-refractivity contribution in [1.29, 1.82) is 0 Å². The molecule has 1 aliphatic carbocycles. The van der Waals surface area contributed by atoms with Gasteiger partial charge in [-0.05, 0) is 55.7 Å². The first-order valence-electron chi connectivity index (χ1n) is 12.5. The van der Waals surface area contributed by atoms with Crippen LogP contribution < -0.4 is 10.6 Å². The molecule has 3 N–H and O–H groups in total. The highest BCUT2D eigenvalue weighted by Gasteiger charge is 2.35. The Morgan fingerprint density at radius 1 is 1.11 bits per heavy atom. The number of ether oxygens (including phenoxy) is 3. The number of amides is 1. The largest absolute Gasteiger partial charge is 0.389 e. The zero-order chi connectivity index (χ0) is 23.9. The molecular formula is C25H37ClF2N2O5. The molecule has 5 atom stereocenters. The van der Waals surface area contributed by atoms with E-state index in [0.29, 0.717) is 37.7 Å². The Labute approximate surface area is 211 Å². The van der Waals surface area contributed by atoms with Crippen molar-refractivity contribution in [2.24, 2.45) is 5.92 Å². The molecule has 198 valence electrons. The third-order valence-corrected chi connectivity index (χ3v) is 7.00. The Morgan fingerprint density at radius 2 is 1.86 bits per heavy atom. The summed E-state index contributed by atoms with van der Waals surface area (Å²) in [5.41, 5.74) is 0.347. The van der Waals surface area contributed by atoms with Crippen LogP contribution in [0.15, 0.2) is 18.2 Å². The number of hydrogen-bond acceptors (Lipinski definition) is 6. The lowest BCUT2D eigenvalue weighted by atomic mass is 9.90. The standard InChI is InChI=1S/C25H36F2N2O5.ClH/c26-18-9-17(10-19(27)12-18)11-20(29-25(31)22-7-4-8-32-22)24(30)21-15-34-23(13-28-21)33-14-16-5-2-1-3-6-16;/h9-10,12,16,20-24,28,30H,1-8,11,13-15H2,(H,29,31);1H/t20-,21+,22+,23+,24-;/m0./s1. The van der Waals surface area contributed by atoms with Crippen molar-refractivity contribution < 1.29 is 32.9 Å². The Balaban J connectivity index is 0.00000342. The summed E-state index contributed by atoms with van der Waals surface area (Å²) < 4.78 is 44.7. The maximum Gasteiger partial charge on any atom is 0.249 e. The highest BCUT2D eigenvalue weighted by molar-refractivity contribution is 5.85. The quantitative estimate of drug-likeness (QED) is 0.466. The van der Waals surface area contributed by atoms with Gasteiger partial charge in [-0.3, -0.25) is 4.79 Å². The molecular weight excluding hydrogens is 482 g/mol. The van der Waals surface area contributed by atoms with Crippen LogP contribution in [0.2, 0.25) is 0 Å². The molecule has 4 rings (SSSR count). The lowest BCUT2D eigenvalue weighted by Gasteiger charge is -2.37. The van der Waals surface area contributed by atoms with Crippen LogP contribution in [0.5, 0.6) is 0 Å². The summed E-state index contributed by atoms with van der Waals surface area (Å²) in [6.07, 6.45) is 5.63. The monoisotopic (exact) mass is 518 g/mol. The number of hydrogen-bond donors (Lipinski definition) is 3. The Morgan fingerprint density at radius 3 is 2.49 bits per heavy atom. The van der Waals surface area contributed by atoms with Crippen LogP contribution in [0.1, 0.15) is 50.5 Å². The number of nitrogens with one attached hydrogen (secondary N) is 2. The van der Waals surface area contributed by atoms with Gasteiger partial charge in [0.2, 0.25) is 5.91 Å². The van der Waals surface area contributed by atoms with Crippen molar-refractivity contribution in [3.63, 3.8) is 0 Å². The van der Waals surface area contributed by atoms with Gasteiger partial charge in [0.15, 0.2) is 6.29 Å². The molecule has 2 aliphatic heterocycles. The molecule has 0 aromatic heterocycles. The van der Waals surface area contributed by atoms with Crippen molar-refractivity contribution in [3.05, 3.63) is 35.4 Å². The van der Waals surface area contributed by atoms with Crippen molar-refractivity contribution >= 4 is 18.3 Å². The van der Waals surface area contributed by atoms with Gasteiger partial charge >= 0.3 is 0 Å². The summed E-state index contributed by atoms with van der Waals surface area (Å²) in [4.78, 5) is 12.7. The van der Waals surface area contributed by atoms with E-state index in [4.69, 9.17) is 14.2 Å². The van der Waals surface area contributed by atoms with Crippen LogP contribution in [0.3, 0.4) is 0 Å². The maximum absolute atomic E-state index is 13.7. The highest BCUT2D eigenvalue weighted by Crippen LogP contribution is 2.24. The molecule has 35 heavy (non-hydrogen) atoms. The first kappa shape index (κ1) is 28.2. The third kappa shape index (κ3) is 8.33. The Kier molecular flexibility index (Phi) is 11.1. The topological polar surface area (TPSA) is 89.1 Å². The van der Waals surface area contributed by atoms with Crippen LogP contribution >= 0.6 is 12.4 Å². The summed E-state index contributed by atoms with van der Waals surface area (Å²) >= 11 is 0. The van der Waals surface area contributed by atoms with Crippen LogP contribution in [-0.2, 0) is 25.4 Å². The van der Waals surface area contributed by atoms with Crippen LogP contribution in [-0.4, -0.2) is 68.0 Å². The first-order valence-corrected chi connectivity index (χ1v) is 12.5. The van der Waals surface area contributed by atoms with E-state index in [9.17, 15) is 18.7 Å². The van der Waals surface area contributed by atoms with E-state index in [1.807, 2.05) is 0 Å². The average molecular weight is 519 g/mol. The minimum atomic E-state index is -1.05. The molecule has 2 saturated heterocycles. The van der Waals surface area contributed by atoms with Gasteiger partial charge in [0.1, 0.15) is 17.7 Å². The number of morpholine rings is 1. The van der Waals surface area contributed by atoms with E-state index < -0.39 is 35.9 Å². The fourth-order valence-corrected chi connectivity index (χ4v) is 5.08. The second kappa shape index (κ2) is 13.8. The van der Waals surface area contributed by atoms with E-state index in [0.717, 1.165) is 12.5 Å². The molecule has 1 amide bonds. The van der Waals surface area contributed by atoms with Gasteiger partial charge < -0.3 is 30.0 Å². The second-order valence-electron chi connectivity index (χ2n) is 9.70. The zero-order valence-corrected chi connectivity index (χ0v) is 20.7. The number of halogens is 3. The molecule has 0 unspecified atom stereocenters. The summed E-state index contributed by atoms with van der Waals surface area (Å²) in [5, 5.41) is 17.2. The zero-order valence-electron chi connectivity index (χ0n) is 19.9. The Bertz CT molecular complexity index is 780. The minimum absolute atomic E-state index is 0. The van der Waals surface area contributed by atoms with E-state index in [1.54, 1.807) is 0 Å². The molecule has 0 spiro atoms. The smallest absolute Gasteiger partial charge is 0.249 e. The predicted molar refractivity (Wildman–Crippen MR) is 128 cm³/mol. The summed E-state index contributed by atoms with van der Waals surface area (Å²) in [6.45, 7) is 1.79. The van der Waals surface area contributed by atoms with Gasteiger partial charge in [-0.15, -0.1) is 12.4 Å². The molecule has 7 nitrogen and oxygen atoms in total. The third-order valence-electron chi connectivity index (χ3n) is 7.00. The first-order chi connectivity index (χ1) is 16.5. The molecule has 0 bridgehead atoms. The van der Waals surface area contributed by atoms with Crippen molar-refractivity contribution in [2.45, 2.75) is 81.9 Å². The molecule has 1 aromatic rings. The molecule has 10 heteroatoms. The number of rotatable bonds is 9. The van der Waals surface area contributed by atoms with Crippen molar-refractivity contribution in [1.82, 2.24) is 10.6 Å². The van der Waals surface area contributed by atoms with Crippen molar-refractivity contribution in [3.8, 4) is 0 Å². The number of aliphatic hydroxyl groups excluding tert-OH is 1. The second-order valence-corrected chi connectivity index (χ2v) is 9.70. The number of carbonyl (C=O) groups excluding carboxylic acids is 1. The lowest BCUT2D eigenvalue weighted by molar-refractivity contribution is -0.179. The maximum atomic E-state index is 13.7. The Hall–Kier alpha value is -1.36. The fourth-order valence-electron chi connectivity index (χ4n) is 5.08. The number of aliphatic hydroxyl groups is 1. The molecule has 1 aromatic carbocycles. The molecule has 3 aliphatic rings. The summed E-state index contributed by atoms with van der Waals surface area (Å²) in [7, 11) is 0. The minimum Gasteiger partial charge on any atom is -0.389 e. The average Bonchev–Trinajstić information content (AvgIpc) is 3.38. The van der Waals surface area contributed by atoms with Gasteiger partial charge in [-0.25, -0.2) is 8.78 Å². The van der Waals surface area contributed by atoms with Gasteiger partial charge in [0.05, 0.1) is 31.4 Å². The fraction of sp³-hybridized carbons (Fsp3) is 0.720. The SMILES string of the molecule is Cl.O=C(N[C@@H](Cc1cc(F)cc(F)c1)[C@H](O)[C@H]1CO[C@@H](OCC2CCCCC2)CN1)[C@H]1CCCO1.